The molecule has 1 aromatic heterocycles. The van der Waals surface area contributed by atoms with Crippen LogP contribution in [-0.2, 0) is 6.42 Å². The van der Waals surface area contributed by atoms with Crippen molar-refractivity contribution in [3.8, 4) is 5.69 Å². The summed E-state index contributed by atoms with van der Waals surface area (Å²) in [6, 6.07) is 11.9. The van der Waals surface area contributed by atoms with Crippen molar-refractivity contribution in [3.63, 3.8) is 0 Å². The molecule has 1 atom stereocenters. The van der Waals surface area contributed by atoms with Gasteiger partial charge in [-0.15, -0.1) is 0 Å². The van der Waals surface area contributed by atoms with Crippen molar-refractivity contribution in [2.24, 2.45) is 0 Å². The summed E-state index contributed by atoms with van der Waals surface area (Å²) in [7, 11) is 0. The Labute approximate surface area is 140 Å². The van der Waals surface area contributed by atoms with Crippen LogP contribution in [-0.4, -0.2) is 9.55 Å². The molecule has 25 heavy (non-hydrogen) atoms. The number of fused-ring (bicyclic) bond motifs is 1. The number of H-pyrrole nitrogens is 1. The first kappa shape index (κ1) is 15.3. The lowest BCUT2D eigenvalue weighted by Crippen LogP contribution is -2.35. The molecule has 1 aliphatic heterocycles. The van der Waals surface area contributed by atoms with Crippen LogP contribution in [0.15, 0.2) is 58.1 Å². The lowest BCUT2D eigenvalue weighted by Gasteiger charge is -2.10. The summed E-state index contributed by atoms with van der Waals surface area (Å²) < 4.78 is 27.7. The number of rotatable bonds is 2. The highest BCUT2D eigenvalue weighted by molar-refractivity contribution is 5.52. The van der Waals surface area contributed by atoms with Crippen LogP contribution in [0.5, 0.6) is 0 Å². The average Bonchev–Trinajstić information content (AvgIpc) is 2.99. The average molecular weight is 341 g/mol. The van der Waals surface area contributed by atoms with Gasteiger partial charge >= 0.3 is 5.69 Å². The number of aromatic amines is 1. The molecule has 5 nitrogen and oxygen atoms in total. The van der Waals surface area contributed by atoms with Crippen LogP contribution in [0.2, 0.25) is 0 Å². The molecule has 126 valence electrons. The Balaban J connectivity index is 1.82. The molecule has 0 unspecified atom stereocenters. The van der Waals surface area contributed by atoms with E-state index in [0.29, 0.717) is 23.9 Å². The predicted molar refractivity (Wildman–Crippen MR) is 89.1 cm³/mol. The van der Waals surface area contributed by atoms with Gasteiger partial charge < -0.3 is 5.32 Å². The van der Waals surface area contributed by atoms with Crippen LogP contribution in [0.3, 0.4) is 0 Å². The minimum atomic E-state index is -0.859. The summed E-state index contributed by atoms with van der Waals surface area (Å²) >= 11 is 0. The lowest BCUT2D eigenvalue weighted by molar-refractivity contribution is 0.580. The van der Waals surface area contributed by atoms with Gasteiger partial charge in [-0.05, 0) is 17.7 Å². The highest BCUT2D eigenvalue weighted by atomic mass is 19.1. The first-order valence-corrected chi connectivity index (χ1v) is 7.69. The molecular weight excluding hydrogens is 328 g/mol. The minimum Gasteiger partial charge on any atom is -0.364 e. The summed E-state index contributed by atoms with van der Waals surface area (Å²) in [6.45, 7) is 0. The topological polar surface area (TPSA) is 66.9 Å². The van der Waals surface area contributed by atoms with E-state index < -0.39 is 22.9 Å². The van der Waals surface area contributed by atoms with Crippen molar-refractivity contribution in [2.45, 2.75) is 12.5 Å². The number of aromatic nitrogens is 2. The van der Waals surface area contributed by atoms with E-state index in [1.807, 2.05) is 30.3 Å². The van der Waals surface area contributed by atoms with E-state index in [-0.39, 0.29) is 11.7 Å². The van der Waals surface area contributed by atoms with Gasteiger partial charge in [-0.1, -0.05) is 30.3 Å². The number of nitrogens with one attached hydrogen (secondary N) is 2. The van der Waals surface area contributed by atoms with Gasteiger partial charge in [0.25, 0.3) is 5.56 Å². The van der Waals surface area contributed by atoms with Gasteiger partial charge in [0.05, 0.1) is 17.3 Å². The number of nitrogens with zero attached hydrogens (tertiary/aromatic N) is 1. The normalized spacial score (nSPS) is 15.7. The number of anilines is 1. The Kier molecular flexibility index (Phi) is 3.49. The fraction of sp³-hybridized carbons (Fsp3) is 0.111. The Bertz CT molecular complexity index is 1050. The molecule has 0 aliphatic carbocycles. The lowest BCUT2D eigenvalue weighted by atomic mass is 10.0. The van der Waals surface area contributed by atoms with Crippen molar-refractivity contribution >= 4 is 5.82 Å². The largest absolute Gasteiger partial charge is 0.364 e. The predicted octanol–water partition coefficient (Wildman–Crippen LogP) is 2.51. The van der Waals surface area contributed by atoms with E-state index in [0.717, 1.165) is 22.3 Å². The third-order valence-corrected chi connectivity index (χ3v) is 4.23. The smallest absolute Gasteiger partial charge is 0.334 e. The molecule has 3 aromatic rings. The summed E-state index contributed by atoms with van der Waals surface area (Å²) in [5, 5.41) is 3.12. The maximum Gasteiger partial charge on any atom is 0.334 e. The highest BCUT2D eigenvalue weighted by Gasteiger charge is 2.27. The van der Waals surface area contributed by atoms with Gasteiger partial charge in [0.2, 0.25) is 0 Å². The van der Waals surface area contributed by atoms with Crippen molar-refractivity contribution < 1.29 is 8.78 Å². The first-order chi connectivity index (χ1) is 12.0. The van der Waals surface area contributed by atoms with E-state index in [1.54, 1.807) is 0 Å². The molecule has 0 saturated carbocycles. The zero-order valence-corrected chi connectivity index (χ0v) is 12.9. The third kappa shape index (κ3) is 2.63. The fourth-order valence-corrected chi connectivity index (χ4v) is 3.10. The number of hydrogen-bond donors (Lipinski definition) is 2. The van der Waals surface area contributed by atoms with Gasteiger partial charge in [-0.25, -0.2) is 18.1 Å². The zero-order valence-electron chi connectivity index (χ0n) is 12.9. The van der Waals surface area contributed by atoms with Crippen LogP contribution in [0, 0.1) is 11.6 Å². The molecular formula is C18H13F2N3O2. The van der Waals surface area contributed by atoms with Gasteiger partial charge in [0.1, 0.15) is 17.5 Å². The molecule has 1 aliphatic rings. The van der Waals surface area contributed by atoms with Crippen LogP contribution in [0.1, 0.15) is 17.2 Å². The molecule has 2 heterocycles. The number of halogens is 2. The van der Waals surface area contributed by atoms with E-state index >= 15 is 0 Å². The second kappa shape index (κ2) is 5.70. The van der Waals surface area contributed by atoms with Gasteiger partial charge in [0, 0.05) is 12.5 Å². The molecule has 4 rings (SSSR count). The fourth-order valence-electron chi connectivity index (χ4n) is 3.10. The summed E-state index contributed by atoms with van der Waals surface area (Å²) in [4.78, 5) is 27.6. The Morgan fingerprint density at radius 1 is 1.00 bits per heavy atom. The molecule has 0 amide bonds. The van der Waals surface area contributed by atoms with Crippen LogP contribution >= 0.6 is 0 Å². The quantitative estimate of drug-likeness (QED) is 0.753. The second-order valence-electron chi connectivity index (χ2n) is 5.86. The Morgan fingerprint density at radius 3 is 2.36 bits per heavy atom. The maximum atomic E-state index is 13.5. The number of benzene rings is 2. The van der Waals surface area contributed by atoms with Crippen molar-refractivity contribution in [1.82, 2.24) is 9.55 Å². The van der Waals surface area contributed by atoms with Gasteiger partial charge in [-0.3, -0.25) is 9.78 Å². The van der Waals surface area contributed by atoms with Crippen molar-refractivity contribution in [1.29, 1.82) is 0 Å². The SMILES string of the molecule is O=c1[nH]c2c(c(=O)n1-c1cc(F)cc(F)c1)C[C@@H](c1ccccc1)N2. The van der Waals surface area contributed by atoms with E-state index in [9.17, 15) is 18.4 Å². The Morgan fingerprint density at radius 2 is 1.68 bits per heavy atom. The van der Waals surface area contributed by atoms with Crippen molar-refractivity contribution in [2.75, 3.05) is 5.32 Å². The van der Waals surface area contributed by atoms with Crippen LogP contribution < -0.4 is 16.6 Å². The third-order valence-electron chi connectivity index (χ3n) is 4.23. The minimum absolute atomic E-state index is 0.144. The molecule has 0 fully saturated rings. The molecule has 2 aromatic carbocycles. The van der Waals surface area contributed by atoms with E-state index in [4.69, 9.17) is 0 Å². The van der Waals surface area contributed by atoms with Gasteiger partial charge in [-0.2, -0.15) is 0 Å². The first-order valence-electron chi connectivity index (χ1n) is 7.69. The summed E-state index contributed by atoms with van der Waals surface area (Å²) in [5.74, 6) is -1.37. The summed E-state index contributed by atoms with van der Waals surface area (Å²) in [6.07, 6.45) is 0.368. The zero-order chi connectivity index (χ0) is 17.6. The van der Waals surface area contributed by atoms with E-state index in [2.05, 4.69) is 10.3 Å². The standard InChI is InChI=1S/C18H13F2N3O2/c19-11-6-12(20)8-13(7-11)23-17(24)14-9-15(10-4-2-1-3-5-10)21-16(14)22-18(23)25/h1-8,15,21H,9H2,(H,22,25)/t15-/m0/s1. The molecule has 0 bridgehead atoms. The molecule has 0 spiro atoms. The maximum absolute atomic E-state index is 13.5. The van der Waals surface area contributed by atoms with Crippen molar-refractivity contribution in [3.05, 3.63) is 92.1 Å². The molecule has 0 radical (unpaired) electrons. The van der Waals surface area contributed by atoms with Crippen LogP contribution in [0.4, 0.5) is 14.6 Å². The van der Waals surface area contributed by atoms with E-state index in [1.165, 1.54) is 0 Å². The second-order valence-corrected chi connectivity index (χ2v) is 5.86. The molecule has 2 N–H and O–H groups in total. The summed E-state index contributed by atoms with van der Waals surface area (Å²) in [5.41, 5.74) is -0.139. The molecule has 7 heteroatoms. The number of hydrogen-bond acceptors (Lipinski definition) is 3. The Hall–Kier alpha value is -3.22. The van der Waals surface area contributed by atoms with Gasteiger partial charge in [0.15, 0.2) is 0 Å². The monoisotopic (exact) mass is 341 g/mol. The highest BCUT2D eigenvalue weighted by Crippen LogP contribution is 2.30. The van der Waals surface area contributed by atoms with Crippen LogP contribution in [0.25, 0.3) is 5.69 Å². The molecule has 0 saturated heterocycles.